The van der Waals surface area contributed by atoms with Crippen LogP contribution in [-0.4, -0.2) is 18.8 Å². The van der Waals surface area contributed by atoms with Gasteiger partial charge in [0.1, 0.15) is 0 Å². The number of rotatable bonds is 1. The minimum absolute atomic E-state index is 0.661. The van der Waals surface area contributed by atoms with Gasteiger partial charge in [0.2, 0.25) is 0 Å². The summed E-state index contributed by atoms with van der Waals surface area (Å²) in [5.41, 5.74) is 2.83. The van der Waals surface area contributed by atoms with E-state index >= 15 is 0 Å². The summed E-state index contributed by atoms with van der Waals surface area (Å²) in [6.45, 7) is 4.44. The van der Waals surface area contributed by atoms with Gasteiger partial charge >= 0.3 is 0 Å². The first-order valence-corrected chi connectivity index (χ1v) is 5.80. The van der Waals surface area contributed by atoms with Crippen LogP contribution < -0.4 is 5.32 Å². The quantitative estimate of drug-likeness (QED) is 0.735. The van der Waals surface area contributed by atoms with Gasteiger partial charge in [-0.15, -0.1) is 0 Å². The van der Waals surface area contributed by atoms with Crippen LogP contribution in [0.4, 0.5) is 0 Å². The molecule has 1 saturated heterocycles. The number of hydrogen-bond donors (Lipinski definition) is 1. The van der Waals surface area contributed by atoms with Gasteiger partial charge < -0.3 is 5.32 Å². The molecule has 1 atom stereocenters. The highest BCUT2D eigenvalue weighted by Gasteiger charge is 2.14. The van der Waals surface area contributed by atoms with Crippen molar-refractivity contribution in [3.63, 3.8) is 0 Å². The van der Waals surface area contributed by atoms with Crippen LogP contribution in [0, 0.1) is 6.92 Å². The maximum absolute atomic E-state index is 3.43. The van der Waals surface area contributed by atoms with Crippen molar-refractivity contribution >= 4 is 11.8 Å². The molecule has 0 saturated carbocycles. The van der Waals surface area contributed by atoms with E-state index in [4.69, 9.17) is 0 Å². The van der Waals surface area contributed by atoms with Crippen LogP contribution in [-0.2, 0) is 0 Å². The molecule has 0 spiro atoms. The predicted octanol–water partition coefficient (Wildman–Crippen LogP) is 2.37. The van der Waals surface area contributed by atoms with Crippen molar-refractivity contribution in [2.75, 3.05) is 18.8 Å². The minimum Gasteiger partial charge on any atom is -0.314 e. The number of hydrogen-bond acceptors (Lipinski definition) is 2. The van der Waals surface area contributed by atoms with Crippen LogP contribution in [0.3, 0.4) is 0 Å². The van der Waals surface area contributed by atoms with Gasteiger partial charge in [-0.3, -0.25) is 0 Å². The third-order valence-electron chi connectivity index (χ3n) is 2.34. The van der Waals surface area contributed by atoms with Gasteiger partial charge in [-0.2, -0.15) is 11.8 Å². The third-order valence-corrected chi connectivity index (χ3v) is 3.62. The fourth-order valence-electron chi connectivity index (χ4n) is 1.65. The van der Waals surface area contributed by atoms with Gasteiger partial charge in [0, 0.05) is 24.1 Å². The zero-order chi connectivity index (χ0) is 9.10. The van der Waals surface area contributed by atoms with E-state index in [0.29, 0.717) is 5.25 Å². The summed E-state index contributed by atoms with van der Waals surface area (Å²) in [6.07, 6.45) is 0. The lowest BCUT2D eigenvalue weighted by atomic mass is 10.1. The summed E-state index contributed by atoms with van der Waals surface area (Å²) in [6, 6.07) is 8.84. The van der Waals surface area contributed by atoms with Gasteiger partial charge in [0.15, 0.2) is 0 Å². The van der Waals surface area contributed by atoms with Crippen LogP contribution in [0.5, 0.6) is 0 Å². The number of nitrogens with one attached hydrogen (secondary N) is 1. The molecule has 1 aliphatic heterocycles. The Kier molecular flexibility index (Phi) is 2.91. The molecule has 0 aliphatic carbocycles. The molecule has 2 rings (SSSR count). The molecule has 70 valence electrons. The van der Waals surface area contributed by atoms with Crippen molar-refractivity contribution in [2.45, 2.75) is 12.2 Å². The van der Waals surface area contributed by atoms with E-state index in [-0.39, 0.29) is 0 Å². The Labute approximate surface area is 83.9 Å². The Balaban J connectivity index is 2.14. The smallest absolute Gasteiger partial charge is 0.0422 e. The summed E-state index contributed by atoms with van der Waals surface area (Å²) in [4.78, 5) is 0. The molecular weight excluding hydrogens is 178 g/mol. The van der Waals surface area contributed by atoms with Gasteiger partial charge in [0.05, 0.1) is 0 Å². The van der Waals surface area contributed by atoms with E-state index in [1.54, 1.807) is 0 Å². The second-order valence-corrected chi connectivity index (χ2v) is 4.79. The van der Waals surface area contributed by atoms with Crippen LogP contribution in [0.25, 0.3) is 0 Å². The molecule has 1 aromatic carbocycles. The molecule has 0 radical (unpaired) electrons. The molecule has 0 amide bonds. The summed E-state index contributed by atoms with van der Waals surface area (Å²) in [5, 5.41) is 4.09. The molecule has 1 nitrogen and oxygen atoms in total. The van der Waals surface area contributed by atoms with Gasteiger partial charge in [0.25, 0.3) is 0 Å². The highest BCUT2D eigenvalue weighted by atomic mass is 32.2. The first-order chi connectivity index (χ1) is 6.36. The number of benzene rings is 1. The Morgan fingerprint density at radius 2 is 2.38 bits per heavy atom. The maximum atomic E-state index is 3.43. The molecule has 0 aromatic heterocycles. The van der Waals surface area contributed by atoms with E-state index in [1.165, 1.54) is 16.9 Å². The molecule has 13 heavy (non-hydrogen) atoms. The number of thioether (sulfide) groups is 1. The molecule has 1 aromatic rings. The predicted molar refractivity (Wildman–Crippen MR) is 59.2 cm³/mol. The van der Waals surface area contributed by atoms with Gasteiger partial charge in [-0.25, -0.2) is 0 Å². The van der Waals surface area contributed by atoms with Crippen LogP contribution in [0.1, 0.15) is 16.4 Å². The maximum Gasteiger partial charge on any atom is 0.0422 e. The zero-order valence-electron chi connectivity index (χ0n) is 7.92. The monoisotopic (exact) mass is 193 g/mol. The highest BCUT2D eigenvalue weighted by Crippen LogP contribution is 2.30. The highest BCUT2D eigenvalue weighted by molar-refractivity contribution is 7.99. The molecule has 1 aliphatic rings. The van der Waals surface area contributed by atoms with E-state index < -0.39 is 0 Å². The molecule has 1 heterocycles. The van der Waals surface area contributed by atoms with Crippen LogP contribution >= 0.6 is 11.8 Å². The second kappa shape index (κ2) is 4.16. The summed E-state index contributed by atoms with van der Waals surface area (Å²) in [5.74, 6) is 1.23. The SMILES string of the molecule is Cc1cccc(C2CNCCS2)c1. The summed E-state index contributed by atoms with van der Waals surface area (Å²) in [7, 11) is 0. The zero-order valence-corrected chi connectivity index (χ0v) is 8.73. The largest absolute Gasteiger partial charge is 0.314 e. The molecule has 1 N–H and O–H groups in total. The second-order valence-electron chi connectivity index (χ2n) is 3.48. The standard InChI is InChI=1S/C11H15NS/c1-9-3-2-4-10(7-9)11-8-12-5-6-13-11/h2-4,7,11-12H,5-6,8H2,1H3. The summed E-state index contributed by atoms with van der Waals surface area (Å²) >= 11 is 2.06. The molecule has 0 bridgehead atoms. The lowest BCUT2D eigenvalue weighted by Gasteiger charge is -2.22. The van der Waals surface area contributed by atoms with E-state index in [9.17, 15) is 0 Å². The normalized spacial score (nSPS) is 23.0. The van der Waals surface area contributed by atoms with Crippen molar-refractivity contribution in [1.29, 1.82) is 0 Å². The van der Waals surface area contributed by atoms with Gasteiger partial charge in [-0.05, 0) is 12.5 Å². The van der Waals surface area contributed by atoms with E-state index in [2.05, 4.69) is 48.3 Å². The average molecular weight is 193 g/mol. The Hall–Kier alpha value is -0.470. The van der Waals surface area contributed by atoms with Crippen molar-refractivity contribution in [2.24, 2.45) is 0 Å². The molecule has 1 fully saturated rings. The van der Waals surface area contributed by atoms with Crippen molar-refractivity contribution in [3.05, 3.63) is 35.4 Å². The molecule has 1 unspecified atom stereocenters. The Morgan fingerprint density at radius 1 is 1.46 bits per heavy atom. The first kappa shape index (κ1) is 9.10. The average Bonchev–Trinajstić information content (AvgIpc) is 2.19. The van der Waals surface area contributed by atoms with Crippen molar-refractivity contribution < 1.29 is 0 Å². The van der Waals surface area contributed by atoms with Crippen LogP contribution in [0.15, 0.2) is 24.3 Å². The Morgan fingerprint density at radius 3 is 3.08 bits per heavy atom. The third kappa shape index (κ3) is 2.26. The summed E-state index contributed by atoms with van der Waals surface area (Å²) < 4.78 is 0. The van der Waals surface area contributed by atoms with Gasteiger partial charge in [-0.1, -0.05) is 29.8 Å². The van der Waals surface area contributed by atoms with Crippen LogP contribution in [0.2, 0.25) is 0 Å². The Bertz CT molecular complexity index is 279. The first-order valence-electron chi connectivity index (χ1n) is 4.75. The van der Waals surface area contributed by atoms with E-state index in [0.717, 1.165) is 13.1 Å². The lowest BCUT2D eigenvalue weighted by Crippen LogP contribution is -2.28. The minimum atomic E-state index is 0.661. The van der Waals surface area contributed by atoms with Crippen molar-refractivity contribution in [1.82, 2.24) is 5.32 Å². The topological polar surface area (TPSA) is 12.0 Å². The fourth-order valence-corrected chi connectivity index (χ4v) is 2.77. The molecular formula is C11H15NS. The van der Waals surface area contributed by atoms with E-state index in [1.807, 2.05) is 0 Å². The fraction of sp³-hybridized carbons (Fsp3) is 0.455. The lowest BCUT2D eigenvalue weighted by molar-refractivity contribution is 0.689. The number of aryl methyl sites for hydroxylation is 1. The molecule has 2 heteroatoms. The van der Waals surface area contributed by atoms with Crippen molar-refractivity contribution in [3.8, 4) is 0 Å².